The average Bonchev–Trinajstić information content (AvgIpc) is 2.47. The lowest BCUT2D eigenvalue weighted by Crippen LogP contribution is -2.35. The molecule has 0 fully saturated rings. The Morgan fingerprint density at radius 3 is 2.63 bits per heavy atom. The van der Waals surface area contributed by atoms with Gasteiger partial charge in [-0.2, -0.15) is 0 Å². The van der Waals surface area contributed by atoms with E-state index in [9.17, 15) is 9.90 Å². The highest BCUT2D eigenvalue weighted by Gasteiger charge is 2.23. The molecule has 3 heteroatoms. The molecular weight excluding hydrogens is 238 g/mol. The molecule has 0 bridgehead atoms. The molecule has 1 amide bonds. The van der Waals surface area contributed by atoms with Crippen LogP contribution in [-0.2, 0) is 13.0 Å². The van der Waals surface area contributed by atoms with Crippen LogP contribution in [0.25, 0.3) is 0 Å². The summed E-state index contributed by atoms with van der Waals surface area (Å²) < 4.78 is 0. The van der Waals surface area contributed by atoms with Gasteiger partial charge in [-0.25, -0.2) is 0 Å². The van der Waals surface area contributed by atoms with Crippen molar-refractivity contribution < 1.29 is 9.90 Å². The Bertz CT molecular complexity index is 607. The summed E-state index contributed by atoms with van der Waals surface area (Å²) >= 11 is 0. The second-order valence-electron chi connectivity index (χ2n) is 4.76. The monoisotopic (exact) mass is 253 g/mol. The zero-order chi connectivity index (χ0) is 13.2. The molecule has 1 N–H and O–H groups in total. The van der Waals surface area contributed by atoms with Crippen molar-refractivity contribution in [3.63, 3.8) is 0 Å². The molecule has 0 unspecified atom stereocenters. The summed E-state index contributed by atoms with van der Waals surface area (Å²) in [6.07, 6.45) is 0.794. The quantitative estimate of drug-likeness (QED) is 0.848. The van der Waals surface area contributed by atoms with Crippen molar-refractivity contribution in [2.24, 2.45) is 0 Å². The summed E-state index contributed by atoms with van der Waals surface area (Å²) in [5.41, 5.74) is 2.71. The van der Waals surface area contributed by atoms with Crippen LogP contribution in [0.3, 0.4) is 0 Å². The molecule has 0 radical (unpaired) electrons. The standard InChI is InChI=1S/C16H15NO2/c18-15-8-4-7-12-9-10-17(11-14(12)15)16(19)13-5-2-1-3-6-13/h1-8,18H,9-11H2. The van der Waals surface area contributed by atoms with Gasteiger partial charge in [-0.1, -0.05) is 30.3 Å². The van der Waals surface area contributed by atoms with Gasteiger partial charge < -0.3 is 10.0 Å². The lowest BCUT2D eigenvalue weighted by Gasteiger charge is -2.29. The number of nitrogens with zero attached hydrogens (tertiary/aromatic N) is 1. The van der Waals surface area contributed by atoms with Crippen LogP contribution in [0.1, 0.15) is 21.5 Å². The molecule has 96 valence electrons. The molecule has 1 heterocycles. The van der Waals surface area contributed by atoms with Gasteiger partial charge in [0.05, 0.1) is 0 Å². The van der Waals surface area contributed by atoms with Crippen molar-refractivity contribution in [3.8, 4) is 5.75 Å². The van der Waals surface area contributed by atoms with Gasteiger partial charge >= 0.3 is 0 Å². The number of carbonyl (C=O) groups excluding carboxylic acids is 1. The van der Waals surface area contributed by atoms with Crippen molar-refractivity contribution in [2.75, 3.05) is 6.54 Å². The highest BCUT2D eigenvalue weighted by atomic mass is 16.3. The minimum absolute atomic E-state index is 0.0227. The van der Waals surface area contributed by atoms with Crippen LogP contribution in [0.2, 0.25) is 0 Å². The first-order valence-electron chi connectivity index (χ1n) is 6.40. The molecule has 3 rings (SSSR count). The van der Waals surface area contributed by atoms with E-state index in [0.29, 0.717) is 18.7 Å². The molecule has 0 aliphatic carbocycles. The van der Waals surface area contributed by atoms with Gasteiger partial charge in [-0.15, -0.1) is 0 Å². The Morgan fingerprint density at radius 1 is 1.05 bits per heavy atom. The highest BCUT2D eigenvalue weighted by molar-refractivity contribution is 5.94. The van der Waals surface area contributed by atoms with Gasteiger partial charge in [0.25, 0.3) is 5.91 Å². The van der Waals surface area contributed by atoms with Crippen LogP contribution >= 0.6 is 0 Å². The third-order valence-electron chi connectivity index (χ3n) is 3.56. The summed E-state index contributed by atoms with van der Waals surface area (Å²) in [7, 11) is 0. The fourth-order valence-corrected chi connectivity index (χ4v) is 2.50. The van der Waals surface area contributed by atoms with Gasteiger partial charge in [0.1, 0.15) is 5.75 Å². The summed E-state index contributed by atoms with van der Waals surface area (Å²) in [5, 5.41) is 9.89. The maximum absolute atomic E-state index is 12.4. The second-order valence-corrected chi connectivity index (χ2v) is 4.76. The number of rotatable bonds is 1. The topological polar surface area (TPSA) is 40.5 Å². The fourth-order valence-electron chi connectivity index (χ4n) is 2.50. The summed E-state index contributed by atoms with van der Waals surface area (Å²) in [6.45, 7) is 1.18. The Morgan fingerprint density at radius 2 is 1.84 bits per heavy atom. The fraction of sp³-hybridized carbons (Fsp3) is 0.188. The lowest BCUT2D eigenvalue weighted by atomic mass is 9.98. The second kappa shape index (κ2) is 4.76. The van der Waals surface area contributed by atoms with Crippen LogP contribution < -0.4 is 0 Å². The van der Waals surface area contributed by atoms with E-state index in [1.54, 1.807) is 11.0 Å². The molecule has 0 aromatic heterocycles. The van der Waals surface area contributed by atoms with Gasteiger partial charge in [0.2, 0.25) is 0 Å². The average molecular weight is 253 g/mol. The number of hydrogen-bond donors (Lipinski definition) is 1. The first-order chi connectivity index (χ1) is 9.25. The van der Waals surface area contributed by atoms with E-state index in [1.807, 2.05) is 42.5 Å². The molecule has 1 aliphatic heterocycles. The van der Waals surface area contributed by atoms with Crippen molar-refractivity contribution in [1.82, 2.24) is 4.90 Å². The third kappa shape index (κ3) is 2.19. The molecular formula is C16H15NO2. The molecule has 0 atom stereocenters. The predicted molar refractivity (Wildman–Crippen MR) is 73.0 cm³/mol. The van der Waals surface area contributed by atoms with E-state index >= 15 is 0 Å². The van der Waals surface area contributed by atoms with Gasteiger partial charge in [-0.3, -0.25) is 4.79 Å². The number of phenols is 1. The normalized spacial score (nSPS) is 14.0. The van der Waals surface area contributed by atoms with Crippen LogP contribution in [0.5, 0.6) is 5.75 Å². The van der Waals surface area contributed by atoms with Crippen molar-refractivity contribution in [2.45, 2.75) is 13.0 Å². The van der Waals surface area contributed by atoms with E-state index in [-0.39, 0.29) is 11.7 Å². The molecule has 2 aromatic rings. The number of fused-ring (bicyclic) bond motifs is 1. The maximum Gasteiger partial charge on any atom is 0.254 e. The zero-order valence-electron chi connectivity index (χ0n) is 10.5. The van der Waals surface area contributed by atoms with Gasteiger partial charge in [-0.05, 0) is 30.2 Å². The Kier molecular flexibility index (Phi) is 2.95. The minimum Gasteiger partial charge on any atom is -0.508 e. The largest absolute Gasteiger partial charge is 0.508 e. The van der Waals surface area contributed by atoms with Crippen LogP contribution in [-0.4, -0.2) is 22.5 Å². The van der Waals surface area contributed by atoms with Crippen LogP contribution in [0.15, 0.2) is 48.5 Å². The number of phenolic OH excluding ortho intramolecular Hbond substituents is 1. The molecule has 0 saturated carbocycles. The van der Waals surface area contributed by atoms with E-state index in [2.05, 4.69) is 0 Å². The summed E-state index contributed by atoms with van der Waals surface area (Å²) in [4.78, 5) is 14.2. The zero-order valence-corrected chi connectivity index (χ0v) is 10.5. The molecule has 3 nitrogen and oxygen atoms in total. The molecule has 2 aromatic carbocycles. The number of carbonyl (C=O) groups is 1. The SMILES string of the molecule is O=C(c1ccccc1)N1CCc2cccc(O)c2C1. The number of hydrogen-bond acceptors (Lipinski definition) is 2. The lowest BCUT2D eigenvalue weighted by molar-refractivity contribution is 0.0733. The minimum atomic E-state index is 0.0227. The first kappa shape index (κ1) is 11.8. The Balaban J connectivity index is 1.86. The Labute approximate surface area is 112 Å². The number of benzene rings is 2. The molecule has 1 aliphatic rings. The predicted octanol–water partition coefficient (Wildman–Crippen LogP) is 2.59. The number of aromatic hydroxyl groups is 1. The van der Waals surface area contributed by atoms with E-state index in [1.165, 1.54) is 0 Å². The van der Waals surface area contributed by atoms with Crippen LogP contribution in [0, 0.1) is 0 Å². The van der Waals surface area contributed by atoms with E-state index in [0.717, 1.165) is 17.5 Å². The maximum atomic E-state index is 12.4. The van der Waals surface area contributed by atoms with Crippen molar-refractivity contribution in [3.05, 3.63) is 65.2 Å². The van der Waals surface area contributed by atoms with Gasteiger partial charge in [0.15, 0.2) is 0 Å². The van der Waals surface area contributed by atoms with Crippen molar-refractivity contribution in [1.29, 1.82) is 0 Å². The number of amides is 1. The molecule has 0 saturated heterocycles. The Hall–Kier alpha value is -2.29. The van der Waals surface area contributed by atoms with E-state index in [4.69, 9.17) is 0 Å². The van der Waals surface area contributed by atoms with E-state index < -0.39 is 0 Å². The van der Waals surface area contributed by atoms with Crippen LogP contribution in [0.4, 0.5) is 0 Å². The van der Waals surface area contributed by atoms with Crippen molar-refractivity contribution >= 4 is 5.91 Å². The summed E-state index contributed by atoms with van der Waals surface area (Å²) in [5.74, 6) is 0.303. The smallest absolute Gasteiger partial charge is 0.254 e. The summed E-state index contributed by atoms with van der Waals surface area (Å²) in [6, 6.07) is 14.8. The molecule has 0 spiro atoms. The highest BCUT2D eigenvalue weighted by Crippen LogP contribution is 2.27. The van der Waals surface area contributed by atoms with Gasteiger partial charge in [0, 0.05) is 24.2 Å². The molecule has 19 heavy (non-hydrogen) atoms. The third-order valence-corrected chi connectivity index (χ3v) is 3.56. The first-order valence-corrected chi connectivity index (χ1v) is 6.40.